The van der Waals surface area contributed by atoms with Gasteiger partial charge in [-0.15, -0.1) is 11.8 Å². The second kappa shape index (κ2) is 10.6. The standard InChI is InChI=1S/C23H24N2O11S/c1-22(2,11-26)20(30)34-9-14-10-37-19-23(3,18(29)24(19)16(14)17(27)28)12-36-21(31)35-8-13-4-6-15(7-5-13)25(32)33/h4-7,11,19H,8-10,12H2,1-3H3,(H,27,28)/t19-,23-/m0/s1. The molecule has 0 spiro atoms. The van der Waals surface area contributed by atoms with Crippen molar-refractivity contribution in [1.82, 2.24) is 4.90 Å². The molecule has 0 radical (unpaired) electrons. The van der Waals surface area contributed by atoms with Crippen molar-refractivity contribution < 1.29 is 48.2 Å². The summed E-state index contributed by atoms with van der Waals surface area (Å²) < 4.78 is 15.2. The molecule has 1 aromatic carbocycles. The molecule has 198 valence electrons. The third-order valence-electron chi connectivity index (χ3n) is 5.87. The molecule has 2 heterocycles. The number of carbonyl (C=O) groups is 5. The molecule has 0 saturated carbocycles. The number of hydrogen-bond donors (Lipinski definition) is 1. The SMILES string of the molecule is CC(C)(C=O)C(=O)OCC1=C(C(=O)O)N2C(=O)[C@](C)(COC(=O)OCc3ccc([N+](=O)[O-])cc3)[C@@H]2SC1. The van der Waals surface area contributed by atoms with Crippen LogP contribution in [-0.4, -0.2) is 69.6 Å². The van der Waals surface area contributed by atoms with Crippen molar-refractivity contribution in [3.63, 3.8) is 0 Å². The van der Waals surface area contributed by atoms with E-state index in [0.29, 0.717) is 11.8 Å². The van der Waals surface area contributed by atoms with Crippen LogP contribution >= 0.6 is 11.8 Å². The van der Waals surface area contributed by atoms with E-state index in [2.05, 4.69) is 0 Å². The Kier molecular flexibility index (Phi) is 7.91. The van der Waals surface area contributed by atoms with Crippen LogP contribution in [0.15, 0.2) is 35.5 Å². The summed E-state index contributed by atoms with van der Waals surface area (Å²) >= 11 is 1.22. The zero-order chi connectivity index (χ0) is 27.5. The monoisotopic (exact) mass is 536 g/mol. The normalized spacial score (nSPS) is 20.9. The summed E-state index contributed by atoms with van der Waals surface area (Å²) in [4.78, 5) is 71.3. The van der Waals surface area contributed by atoms with E-state index in [1.165, 1.54) is 56.8 Å². The number of carboxylic acids is 1. The summed E-state index contributed by atoms with van der Waals surface area (Å²) in [7, 11) is 0. The Morgan fingerprint density at radius 3 is 2.43 bits per heavy atom. The van der Waals surface area contributed by atoms with Crippen LogP contribution in [-0.2, 0) is 40.0 Å². The number of rotatable bonds is 10. The fourth-order valence-electron chi connectivity index (χ4n) is 3.59. The van der Waals surface area contributed by atoms with Gasteiger partial charge in [-0.3, -0.25) is 24.6 Å². The van der Waals surface area contributed by atoms with E-state index in [1.807, 2.05) is 0 Å². The first-order chi connectivity index (χ1) is 17.3. The number of non-ortho nitro benzene ring substituents is 1. The number of esters is 1. The molecule has 1 fully saturated rings. The Balaban J connectivity index is 1.60. The van der Waals surface area contributed by atoms with Crippen molar-refractivity contribution in [2.75, 3.05) is 19.0 Å². The number of fused-ring (bicyclic) bond motifs is 1. The van der Waals surface area contributed by atoms with Gasteiger partial charge >= 0.3 is 18.1 Å². The number of nitro groups is 1. The molecular weight excluding hydrogens is 512 g/mol. The summed E-state index contributed by atoms with van der Waals surface area (Å²) in [5, 5.41) is 19.8. The minimum Gasteiger partial charge on any atom is -0.477 e. The number of β-lactam (4-membered cyclic amide) rings is 1. The Morgan fingerprint density at radius 1 is 1.22 bits per heavy atom. The van der Waals surface area contributed by atoms with E-state index in [9.17, 15) is 39.2 Å². The van der Waals surface area contributed by atoms with Gasteiger partial charge in [0.1, 0.15) is 48.0 Å². The van der Waals surface area contributed by atoms with Gasteiger partial charge in [-0.2, -0.15) is 0 Å². The van der Waals surface area contributed by atoms with Gasteiger partial charge in [0, 0.05) is 23.5 Å². The molecule has 13 nitrogen and oxygen atoms in total. The molecule has 37 heavy (non-hydrogen) atoms. The molecule has 0 aliphatic carbocycles. The highest BCUT2D eigenvalue weighted by Crippen LogP contribution is 2.51. The van der Waals surface area contributed by atoms with Gasteiger partial charge in [0.25, 0.3) is 5.69 Å². The third kappa shape index (κ3) is 5.58. The van der Waals surface area contributed by atoms with Crippen molar-refractivity contribution in [2.24, 2.45) is 10.8 Å². The molecule has 3 rings (SSSR count). The van der Waals surface area contributed by atoms with E-state index in [-0.39, 0.29) is 35.9 Å². The highest BCUT2D eigenvalue weighted by atomic mass is 32.2. The quantitative estimate of drug-likeness (QED) is 0.115. The van der Waals surface area contributed by atoms with Gasteiger partial charge in [-0.05, 0) is 38.5 Å². The molecule has 2 atom stereocenters. The number of ether oxygens (including phenoxy) is 3. The van der Waals surface area contributed by atoms with Gasteiger partial charge in [0.2, 0.25) is 5.91 Å². The van der Waals surface area contributed by atoms with Crippen LogP contribution in [0.25, 0.3) is 0 Å². The summed E-state index contributed by atoms with van der Waals surface area (Å²) in [6, 6.07) is 5.37. The number of amides is 1. The highest BCUT2D eigenvalue weighted by molar-refractivity contribution is 8.00. The third-order valence-corrected chi connectivity index (χ3v) is 7.43. The molecule has 1 amide bonds. The fourth-order valence-corrected chi connectivity index (χ4v) is 5.06. The van der Waals surface area contributed by atoms with E-state index in [4.69, 9.17) is 14.2 Å². The summed E-state index contributed by atoms with van der Waals surface area (Å²) in [6.07, 6.45) is -0.638. The molecule has 1 saturated heterocycles. The number of nitrogens with zero attached hydrogens (tertiary/aromatic N) is 2. The van der Waals surface area contributed by atoms with Crippen molar-refractivity contribution in [3.8, 4) is 0 Å². The van der Waals surface area contributed by atoms with E-state index in [0.717, 1.165) is 4.90 Å². The molecule has 1 aromatic rings. The zero-order valence-corrected chi connectivity index (χ0v) is 20.9. The lowest BCUT2D eigenvalue weighted by molar-refractivity contribution is -0.384. The van der Waals surface area contributed by atoms with Crippen molar-refractivity contribution in [2.45, 2.75) is 32.8 Å². The number of hydrogen-bond acceptors (Lipinski definition) is 11. The molecule has 2 aliphatic heterocycles. The second-order valence-corrected chi connectivity index (χ2v) is 10.2. The summed E-state index contributed by atoms with van der Waals surface area (Å²) in [5.74, 6) is -2.68. The minimum atomic E-state index is -1.40. The number of thioether (sulfide) groups is 1. The first-order valence-electron chi connectivity index (χ1n) is 10.9. The smallest absolute Gasteiger partial charge is 0.477 e. The Labute approximate surface area is 214 Å². The molecule has 0 aromatic heterocycles. The van der Waals surface area contributed by atoms with Crippen molar-refractivity contribution >= 4 is 47.7 Å². The second-order valence-electron chi connectivity index (χ2n) is 9.18. The number of aldehydes is 1. The largest absolute Gasteiger partial charge is 0.508 e. The van der Waals surface area contributed by atoms with Gasteiger partial charge in [-0.1, -0.05) is 0 Å². The first kappa shape index (κ1) is 27.6. The lowest BCUT2D eigenvalue weighted by Gasteiger charge is -2.55. The van der Waals surface area contributed by atoms with Crippen LogP contribution in [0.2, 0.25) is 0 Å². The molecule has 1 N–H and O–H groups in total. The van der Waals surface area contributed by atoms with Gasteiger partial charge in [-0.25, -0.2) is 9.59 Å². The van der Waals surface area contributed by atoms with Crippen LogP contribution in [0.5, 0.6) is 0 Å². The van der Waals surface area contributed by atoms with Gasteiger partial charge in [0.05, 0.1) is 4.92 Å². The predicted molar refractivity (Wildman–Crippen MR) is 126 cm³/mol. The predicted octanol–water partition coefficient (Wildman–Crippen LogP) is 2.28. The van der Waals surface area contributed by atoms with Crippen LogP contribution in [0.3, 0.4) is 0 Å². The fraction of sp³-hybridized carbons (Fsp3) is 0.435. The number of nitro benzene ring substituents is 1. The maximum atomic E-state index is 13.0. The Hall–Kier alpha value is -3.94. The zero-order valence-electron chi connectivity index (χ0n) is 20.1. The van der Waals surface area contributed by atoms with Crippen LogP contribution < -0.4 is 0 Å². The summed E-state index contributed by atoms with van der Waals surface area (Å²) in [6.45, 7) is 3.28. The number of carbonyl (C=O) groups excluding carboxylic acids is 4. The average Bonchev–Trinajstić information content (AvgIpc) is 2.88. The average molecular weight is 537 g/mol. The first-order valence-corrected chi connectivity index (χ1v) is 11.9. The maximum absolute atomic E-state index is 13.0. The number of benzene rings is 1. The summed E-state index contributed by atoms with van der Waals surface area (Å²) in [5.41, 5.74) is -2.36. The van der Waals surface area contributed by atoms with Gasteiger partial charge in [0.15, 0.2) is 0 Å². The molecular formula is C23H24N2O11S. The van der Waals surface area contributed by atoms with Crippen molar-refractivity contribution in [3.05, 3.63) is 51.2 Å². The molecule has 0 unspecified atom stereocenters. The van der Waals surface area contributed by atoms with E-state index < -0.39 is 51.7 Å². The minimum absolute atomic E-state index is 0.113. The topological polar surface area (TPSA) is 180 Å². The lowest BCUT2D eigenvalue weighted by atomic mass is 9.80. The van der Waals surface area contributed by atoms with Gasteiger partial charge < -0.3 is 24.1 Å². The maximum Gasteiger partial charge on any atom is 0.508 e. The van der Waals surface area contributed by atoms with E-state index >= 15 is 0 Å². The molecule has 2 aliphatic rings. The van der Waals surface area contributed by atoms with Crippen LogP contribution in [0, 0.1) is 20.9 Å². The Morgan fingerprint density at radius 2 is 1.86 bits per heavy atom. The highest BCUT2D eigenvalue weighted by Gasteiger charge is 2.62. The van der Waals surface area contributed by atoms with Crippen LogP contribution in [0.4, 0.5) is 10.5 Å². The number of carboxylic acid groups (broad SMARTS) is 1. The van der Waals surface area contributed by atoms with E-state index in [1.54, 1.807) is 0 Å². The Bertz CT molecular complexity index is 1180. The number of aliphatic carboxylic acids is 1. The van der Waals surface area contributed by atoms with Crippen LogP contribution in [0.1, 0.15) is 26.3 Å². The lowest BCUT2D eigenvalue weighted by Crippen LogP contribution is -2.69. The molecule has 0 bridgehead atoms. The van der Waals surface area contributed by atoms with Crippen molar-refractivity contribution in [1.29, 1.82) is 0 Å². The molecule has 14 heteroatoms.